The van der Waals surface area contributed by atoms with Crippen LogP contribution in [-0.4, -0.2) is 23.4 Å². The van der Waals surface area contributed by atoms with Crippen molar-refractivity contribution in [3.05, 3.63) is 63.1 Å². The third kappa shape index (κ3) is 4.13. The number of pyridine rings is 1. The second-order valence-electron chi connectivity index (χ2n) is 6.13. The molecule has 142 valence electrons. The minimum atomic E-state index is -2.99. The normalized spacial score (nSPS) is 15.9. The Kier molecular flexibility index (Phi) is 5.20. The number of aromatic amines is 1. The van der Waals surface area contributed by atoms with E-state index in [1.807, 2.05) is 0 Å². The van der Waals surface area contributed by atoms with Gasteiger partial charge in [-0.1, -0.05) is 6.07 Å². The summed E-state index contributed by atoms with van der Waals surface area (Å²) < 4.78 is 29.0. The summed E-state index contributed by atoms with van der Waals surface area (Å²) in [5.41, 5.74) is 5.88. The lowest BCUT2D eigenvalue weighted by Gasteiger charge is -2.26. The van der Waals surface area contributed by atoms with Gasteiger partial charge in [0.1, 0.15) is 11.3 Å². The molecule has 1 aromatic carbocycles. The Hall–Kier alpha value is -3.23. The number of nitrogens with one attached hydrogen (secondary N) is 2. The van der Waals surface area contributed by atoms with Crippen LogP contribution in [0.5, 0.6) is 5.75 Å². The number of rotatable bonds is 5. The summed E-state index contributed by atoms with van der Waals surface area (Å²) >= 11 is 0. The monoisotopic (exact) mass is 377 g/mol. The van der Waals surface area contributed by atoms with Gasteiger partial charge in [-0.05, 0) is 49.1 Å². The Bertz CT molecular complexity index is 942. The maximum atomic E-state index is 12.5. The van der Waals surface area contributed by atoms with Gasteiger partial charge in [0.25, 0.3) is 17.4 Å². The number of aromatic nitrogens is 1. The van der Waals surface area contributed by atoms with E-state index in [9.17, 15) is 23.2 Å². The number of H-pyrrole nitrogens is 1. The van der Waals surface area contributed by atoms with Crippen LogP contribution in [0, 0.1) is 0 Å². The number of alkyl halides is 2. The molecular weight excluding hydrogens is 360 g/mol. The topological polar surface area (TPSA) is 114 Å². The second-order valence-corrected chi connectivity index (χ2v) is 6.13. The van der Waals surface area contributed by atoms with Gasteiger partial charge in [-0.15, -0.1) is 0 Å². The number of aryl methyl sites for hydroxylation is 1. The molecule has 2 amide bonds. The first kappa shape index (κ1) is 18.6. The van der Waals surface area contributed by atoms with E-state index in [0.717, 1.165) is 6.42 Å². The van der Waals surface area contributed by atoms with Gasteiger partial charge in [0, 0.05) is 11.3 Å². The maximum absolute atomic E-state index is 12.5. The number of ether oxygens (including phenoxy) is 1. The summed E-state index contributed by atoms with van der Waals surface area (Å²) in [6.45, 7) is -2.99. The van der Waals surface area contributed by atoms with E-state index in [2.05, 4.69) is 15.0 Å². The van der Waals surface area contributed by atoms with Crippen LogP contribution in [0.4, 0.5) is 8.78 Å². The zero-order chi connectivity index (χ0) is 19.6. The van der Waals surface area contributed by atoms with Crippen molar-refractivity contribution in [2.45, 2.75) is 31.9 Å². The molecule has 27 heavy (non-hydrogen) atoms. The number of halogens is 2. The first-order valence-electron chi connectivity index (χ1n) is 8.27. The molecule has 1 aliphatic carbocycles. The van der Waals surface area contributed by atoms with Gasteiger partial charge in [-0.25, -0.2) is 0 Å². The van der Waals surface area contributed by atoms with Crippen LogP contribution in [0.15, 0.2) is 35.1 Å². The van der Waals surface area contributed by atoms with Crippen molar-refractivity contribution in [1.29, 1.82) is 0 Å². The number of carbonyl (C=O) groups is 2. The fraction of sp³-hybridized carbons (Fsp3) is 0.278. The lowest BCUT2D eigenvalue weighted by atomic mass is 9.90. The summed E-state index contributed by atoms with van der Waals surface area (Å²) in [6.07, 6.45) is 1.92. The fourth-order valence-corrected chi connectivity index (χ4v) is 3.13. The quantitative estimate of drug-likeness (QED) is 0.738. The van der Waals surface area contributed by atoms with Crippen LogP contribution in [-0.2, 0) is 6.42 Å². The Morgan fingerprint density at radius 3 is 2.78 bits per heavy atom. The zero-order valence-corrected chi connectivity index (χ0v) is 14.1. The Morgan fingerprint density at radius 1 is 1.30 bits per heavy atom. The second kappa shape index (κ2) is 7.56. The number of benzene rings is 1. The van der Waals surface area contributed by atoms with Crippen LogP contribution in [0.1, 0.15) is 50.9 Å². The minimum absolute atomic E-state index is 0.123. The molecule has 0 saturated heterocycles. The fourth-order valence-electron chi connectivity index (χ4n) is 3.13. The number of carbonyl (C=O) groups excluding carboxylic acids is 2. The minimum Gasteiger partial charge on any atom is -0.435 e. The Balaban J connectivity index is 1.85. The van der Waals surface area contributed by atoms with Gasteiger partial charge >= 0.3 is 6.61 Å². The van der Waals surface area contributed by atoms with E-state index in [-0.39, 0.29) is 16.9 Å². The van der Waals surface area contributed by atoms with Crippen molar-refractivity contribution < 1.29 is 23.1 Å². The van der Waals surface area contributed by atoms with Crippen molar-refractivity contribution in [1.82, 2.24) is 10.3 Å². The van der Waals surface area contributed by atoms with Crippen molar-refractivity contribution in [2.24, 2.45) is 5.73 Å². The molecule has 1 aliphatic rings. The van der Waals surface area contributed by atoms with Gasteiger partial charge in [0.05, 0.1) is 6.04 Å². The summed E-state index contributed by atoms with van der Waals surface area (Å²) in [5, 5.41) is 2.80. The lowest BCUT2D eigenvalue weighted by Crippen LogP contribution is -2.34. The number of primary amides is 1. The zero-order valence-electron chi connectivity index (χ0n) is 14.1. The SMILES string of the molecule is NC(=O)c1cc2c([nH]c1=O)CCCC2NC(=O)c1cccc(OC(F)F)c1. The molecule has 1 atom stereocenters. The smallest absolute Gasteiger partial charge is 0.387 e. The number of hydrogen-bond donors (Lipinski definition) is 3. The Morgan fingerprint density at radius 2 is 2.07 bits per heavy atom. The lowest BCUT2D eigenvalue weighted by molar-refractivity contribution is -0.0498. The average Bonchev–Trinajstić information content (AvgIpc) is 2.60. The van der Waals surface area contributed by atoms with E-state index in [1.165, 1.54) is 30.3 Å². The van der Waals surface area contributed by atoms with Gasteiger partial charge in [-0.2, -0.15) is 8.78 Å². The molecule has 2 aromatic rings. The van der Waals surface area contributed by atoms with Gasteiger partial charge in [-0.3, -0.25) is 14.4 Å². The Labute approximate surface area is 152 Å². The highest BCUT2D eigenvalue weighted by Gasteiger charge is 2.25. The van der Waals surface area contributed by atoms with Crippen LogP contribution >= 0.6 is 0 Å². The van der Waals surface area contributed by atoms with Crippen molar-refractivity contribution in [2.75, 3.05) is 0 Å². The van der Waals surface area contributed by atoms with E-state index in [4.69, 9.17) is 5.73 Å². The van der Waals surface area contributed by atoms with E-state index < -0.39 is 30.0 Å². The molecule has 4 N–H and O–H groups in total. The van der Waals surface area contributed by atoms with Crippen molar-refractivity contribution >= 4 is 11.8 Å². The summed E-state index contributed by atoms with van der Waals surface area (Å²) in [5.74, 6) is -1.46. The summed E-state index contributed by atoms with van der Waals surface area (Å²) in [7, 11) is 0. The molecule has 0 spiro atoms. The molecule has 0 bridgehead atoms. The van der Waals surface area contributed by atoms with Crippen LogP contribution in [0.2, 0.25) is 0 Å². The maximum Gasteiger partial charge on any atom is 0.387 e. The predicted molar refractivity (Wildman–Crippen MR) is 91.8 cm³/mol. The number of hydrogen-bond acceptors (Lipinski definition) is 4. The molecule has 1 aromatic heterocycles. The largest absolute Gasteiger partial charge is 0.435 e. The molecular formula is C18H17F2N3O4. The summed E-state index contributed by atoms with van der Waals surface area (Å²) in [4.78, 5) is 38.5. The molecule has 1 heterocycles. The highest BCUT2D eigenvalue weighted by molar-refractivity contribution is 5.95. The standard InChI is InChI=1S/C18H17F2N3O4/c19-18(20)27-10-4-1-3-9(7-10)16(25)22-13-5-2-6-14-11(13)8-12(15(21)24)17(26)23-14/h1,3-4,7-8,13,18H,2,5-6H2,(H2,21,24)(H,22,25)(H,23,26). The van der Waals surface area contributed by atoms with Crippen LogP contribution < -0.4 is 21.3 Å². The van der Waals surface area contributed by atoms with E-state index >= 15 is 0 Å². The molecule has 0 aliphatic heterocycles. The van der Waals surface area contributed by atoms with Gasteiger partial charge < -0.3 is 20.8 Å². The van der Waals surface area contributed by atoms with Crippen LogP contribution in [0.25, 0.3) is 0 Å². The number of amides is 2. The van der Waals surface area contributed by atoms with Crippen LogP contribution in [0.3, 0.4) is 0 Å². The first-order chi connectivity index (χ1) is 12.8. The van der Waals surface area contributed by atoms with E-state index in [1.54, 1.807) is 0 Å². The molecule has 3 rings (SSSR count). The molecule has 1 unspecified atom stereocenters. The molecule has 7 nitrogen and oxygen atoms in total. The molecule has 0 fully saturated rings. The van der Waals surface area contributed by atoms with E-state index in [0.29, 0.717) is 24.1 Å². The third-order valence-electron chi connectivity index (χ3n) is 4.34. The summed E-state index contributed by atoms with van der Waals surface area (Å²) in [6, 6.07) is 6.39. The van der Waals surface area contributed by atoms with Crippen molar-refractivity contribution in [3.63, 3.8) is 0 Å². The number of nitrogens with two attached hydrogens (primary N) is 1. The molecule has 0 radical (unpaired) electrons. The highest BCUT2D eigenvalue weighted by Crippen LogP contribution is 2.29. The predicted octanol–water partition coefficient (Wildman–Crippen LogP) is 1.88. The third-order valence-corrected chi connectivity index (χ3v) is 4.34. The molecule has 0 saturated carbocycles. The number of fused-ring (bicyclic) bond motifs is 1. The molecule has 9 heteroatoms. The highest BCUT2D eigenvalue weighted by atomic mass is 19.3. The first-order valence-corrected chi connectivity index (χ1v) is 8.27. The van der Waals surface area contributed by atoms with Gasteiger partial charge in [0.15, 0.2) is 0 Å². The average molecular weight is 377 g/mol. The van der Waals surface area contributed by atoms with Crippen molar-refractivity contribution in [3.8, 4) is 5.75 Å². The van der Waals surface area contributed by atoms with Gasteiger partial charge in [0.2, 0.25) is 0 Å².